The summed E-state index contributed by atoms with van der Waals surface area (Å²) in [4.78, 5) is 12.4. The molecule has 25 heavy (non-hydrogen) atoms. The van der Waals surface area contributed by atoms with Gasteiger partial charge < -0.3 is 13.7 Å². The van der Waals surface area contributed by atoms with Gasteiger partial charge in [-0.2, -0.15) is 8.42 Å². The van der Waals surface area contributed by atoms with E-state index in [4.69, 9.17) is 13.7 Å². The Kier molecular flexibility index (Phi) is 4.50. The second-order valence-corrected chi connectivity index (χ2v) is 6.96. The predicted molar refractivity (Wildman–Crippen MR) is 92.5 cm³/mol. The molecule has 3 rings (SSSR count). The first-order valence-corrected chi connectivity index (χ1v) is 9.38. The van der Waals surface area contributed by atoms with E-state index >= 15 is 0 Å². The lowest BCUT2D eigenvalue weighted by Gasteiger charge is -2.04. The molecule has 1 aliphatic rings. The van der Waals surface area contributed by atoms with Crippen molar-refractivity contribution in [2.45, 2.75) is 6.92 Å². The Labute approximate surface area is 145 Å². The van der Waals surface area contributed by atoms with Crippen LogP contribution < -0.4 is 13.7 Å². The van der Waals surface area contributed by atoms with Gasteiger partial charge in [0.2, 0.25) is 5.78 Å². The van der Waals surface area contributed by atoms with Crippen LogP contribution in [0.1, 0.15) is 22.8 Å². The van der Waals surface area contributed by atoms with Crippen LogP contribution in [-0.4, -0.2) is 27.1 Å². The quantitative estimate of drug-likeness (QED) is 0.602. The van der Waals surface area contributed by atoms with Gasteiger partial charge in [-0.05, 0) is 42.8 Å². The van der Waals surface area contributed by atoms with Crippen molar-refractivity contribution >= 4 is 22.0 Å². The smallest absolute Gasteiger partial charge is 0.306 e. The molecule has 0 fully saturated rings. The van der Waals surface area contributed by atoms with Crippen molar-refractivity contribution in [3.63, 3.8) is 0 Å². The Balaban J connectivity index is 1.84. The number of ether oxygens (including phenoxy) is 2. The van der Waals surface area contributed by atoms with Crippen molar-refractivity contribution in [3.05, 3.63) is 59.4 Å². The van der Waals surface area contributed by atoms with E-state index in [1.54, 1.807) is 18.2 Å². The summed E-state index contributed by atoms with van der Waals surface area (Å²) >= 11 is 0. The monoisotopic (exact) mass is 360 g/mol. The van der Waals surface area contributed by atoms with E-state index in [0.29, 0.717) is 12.2 Å². The second-order valence-electron chi connectivity index (χ2n) is 5.39. The molecule has 0 aliphatic carbocycles. The third-order valence-electron chi connectivity index (χ3n) is 3.38. The number of allylic oxidation sites excluding steroid dienone is 1. The Morgan fingerprint density at radius 1 is 1.08 bits per heavy atom. The van der Waals surface area contributed by atoms with Crippen LogP contribution in [-0.2, 0) is 10.1 Å². The molecule has 1 aliphatic heterocycles. The zero-order valence-electron chi connectivity index (χ0n) is 13.7. The third-order valence-corrected chi connectivity index (χ3v) is 3.87. The van der Waals surface area contributed by atoms with Crippen LogP contribution in [0.2, 0.25) is 0 Å². The van der Waals surface area contributed by atoms with Gasteiger partial charge in [-0.1, -0.05) is 12.1 Å². The topological polar surface area (TPSA) is 78.9 Å². The van der Waals surface area contributed by atoms with Crippen LogP contribution in [0.15, 0.2) is 48.2 Å². The maximum absolute atomic E-state index is 12.4. The SMILES string of the molecule is CCOc1ccc(C=C2Oc3cc(OS(C)(=O)=O)ccc3C2=O)cc1. The van der Waals surface area contributed by atoms with E-state index in [2.05, 4.69) is 0 Å². The number of Topliss-reactive ketones (excluding diaryl/α,β-unsaturated/α-hetero) is 1. The van der Waals surface area contributed by atoms with Gasteiger partial charge >= 0.3 is 10.1 Å². The molecule has 0 atom stereocenters. The van der Waals surface area contributed by atoms with Crippen LogP contribution >= 0.6 is 0 Å². The van der Waals surface area contributed by atoms with E-state index in [0.717, 1.165) is 17.6 Å². The van der Waals surface area contributed by atoms with Crippen LogP contribution in [0.3, 0.4) is 0 Å². The van der Waals surface area contributed by atoms with Crippen LogP contribution in [0.25, 0.3) is 6.08 Å². The molecule has 0 N–H and O–H groups in total. The van der Waals surface area contributed by atoms with Crippen molar-refractivity contribution in [2.75, 3.05) is 12.9 Å². The van der Waals surface area contributed by atoms with Gasteiger partial charge in [0.1, 0.15) is 17.2 Å². The minimum absolute atomic E-state index is 0.0939. The maximum atomic E-state index is 12.4. The summed E-state index contributed by atoms with van der Waals surface area (Å²) in [6.45, 7) is 2.48. The molecular formula is C18H16O6S. The summed E-state index contributed by atoms with van der Waals surface area (Å²) in [7, 11) is -3.65. The summed E-state index contributed by atoms with van der Waals surface area (Å²) in [5, 5.41) is 0. The zero-order valence-corrected chi connectivity index (χ0v) is 14.5. The lowest BCUT2D eigenvalue weighted by atomic mass is 10.1. The van der Waals surface area contributed by atoms with E-state index in [1.165, 1.54) is 18.2 Å². The highest BCUT2D eigenvalue weighted by molar-refractivity contribution is 7.86. The molecule has 1 heterocycles. The molecule has 130 valence electrons. The minimum Gasteiger partial charge on any atom is -0.494 e. The molecule has 0 saturated heterocycles. The summed E-state index contributed by atoms with van der Waals surface area (Å²) in [6.07, 6.45) is 2.57. The highest BCUT2D eigenvalue weighted by Crippen LogP contribution is 2.35. The van der Waals surface area contributed by atoms with Crippen molar-refractivity contribution in [1.82, 2.24) is 0 Å². The number of carbonyl (C=O) groups is 1. The van der Waals surface area contributed by atoms with Crippen molar-refractivity contribution in [2.24, 2.45) is 0 Å². The van der Waals surface area contributed by atoms with Gasteiger partial charge in [-0.25, -0.2) is 0 Å². The Morgan fingerprint density at radius 3 is 2.40 bits per heavy atom. The molecule has 0 saturated carbocycles. The Hall–Kier alpha value is -2.80. The molecule has 0 aromatic heterocycles. The summed E-state index contributed by atoms with van der Waals surface area (Å²) in [6, 6.07) is 11.5. The summed E-state index contributed by atoms with van der Waals surface area (Å²) in [5.74, 6) is 0.999. The van der Waals surface area contributed by atoms with Crippen molar-refractivity contribution in [3.8, 4) is 17.2 Å². The highest BCUT2D eigenvalue weighted by atomic mass is 32.2. The molecule has 7 heteroatoms. The molecule has 2 aromatic carbocycles. The number of rotatable bonds is 5. The predicted octanol–water partition coefficient (Wildman–Crippen LogP) is 3.04. The van der Waals surface area contributed by atoms with Crippen molar-refractivity contribution < 1.29 is 26.9 Å². The van der Waals surface area contributed by atoms with Gasteiger partial charge in [-0.3, -0.25) is 4.79 Å². The lowest BCUT2D eigenvalue weighted by molar-refractivity contribution is 0.101. The molecule has 0 radical (unpaired) electrons. The fourth-order valence-electron chi connectivity index (χ4n) is 2.37. The first kappa shape index (κ1) is 17.0. The zero-order chi connectivity index (χ0) is 18.0. The first-order valence-electron chi connectivity index (χ1n) is 7.56. The molecule has 2 aromatic rings. The Bertz CT molecular complexity index is 942. The van der Waals surface area contributed by atoms with Gasteiger partial charge in [0.25, 0.3) is 0 Å². The lowest BCUT2D eigenvalue weighted by Crippen LogP contribution is -2.05. The van der Waals surface area contributed by atoms with E-state index in [1.807, 2.05) is 19.1 Å². The fourth-order valence-corrected chi connectivity index (χ4v) is 2.83. The van der Waals surface area contributed by atoms with Gasteiger partial charge in [0.15, 0.2) is 5.76 Å². The standard InChI is InChI=1S/C18H16O6S/c1-3-22-13-6-4-12(5-7-13)10-17-18(19)15-9-8-14(11-16(15)23-17)24-25(2,20)21/h4-11H,3H2,1-2H3. The number of benzene rings is 2. The summed E-state index contributed by atoms with van der Waals surface area (Å²) in [5.41, 5.74) is 1.14. The van der Waals surface area contributed by atoms with E-state index in [-0.39, 0.29) is 23.0 Å². The van der Waals surface area contributed by atoms with Gasteiger partial charge in [-0.15, -0.1) is 0 Å². The molecular weight excluding hydrogens is 344 g/mol. The maximum Gasteiger partial charge on any atom is 0.306 e. The summed E-state index contributed by atoms with van der Waals surface area (Å²) < 4.78 is 38.1. The first-order chi connectivity index (χ1) is 11.9. The number of fused-ring (bicyclic) bond motifs is 1. The van der Waals surface area contributed by atoms with Gasteiger partial charge in [0.05, 0.1) is 18.4 Å². The second kappa shape index (κ2) is 6.60. The molecule has 6 nitrogen and oxygen atoms in total. The number of ketones is 1. The van der Waals surface area contributed by atoms with Gasteiger partial charge in [0, 0.05) is 6.07 Å². The molecule has 0 spiro atoms. The van der Waals surface area contributed by atoms with E-state index in [9.17, 15) is 13.2 Å². The van der Waals surface area contributed by atoms with Crippen LogP contribution in [0, 0.1) is 0 Å². The fraction of sp³-hybridized carbons (Fsp3) is 0.167. The van der Waals surface area contributed by atoms with E-state index < -0.39 is 10.1 Å². The van der Waals surface area contributed by atoms with Crippen molar-refractivity contribution in [1.29, 1.82) is 0 Å². The average molecular weight is 360 g/mol. The largest absolute Gasteiger partial charge is 0.494 e. The molecule has 0 unspecified atom stereocenters. The number of hydrogen-bond acceptors (Lipinski definition) is 6. The normalized spacial score (nSPS) is 15.0. The average Bonchev–Trinajstić information content (AvgIpc) is 2.83. The molecule has 0 bridgehead atoms. The van der Waals surface area contributed by atoms with Crippen LogP contribution in [0.5, 0.6) is 17.2 Å². The Morgan fingerprint density at radius 2 is 1.76 bits per heavy atom. The number of hydrogen-bond donors (Lipinski definition) is 0. The highest BCUT2D eigenvalue weighted by Gasteiger charge is 2.28. The molecule has 0 amide bonds. The van der Waals surface area contributed by atoms with Crippen LogP contribution in [0.4, 0.5) is 0 Å². The number of carbonyl (C=O) groups excluding carboxylic acids is 1. The third kappa shape index (κ3) is 4.00. The minimum atomic E-state index is -3.65.